The lowest BCUT2D eigenvalue weighted by Gasteiger charge is -2.10. The molecule has 3 rings (SSSR count). The third kappa shape index (κ3) is 4.13. The predicted molar refractivity (Wildman–Crippen MR) is 90.8 cm³/mol. The summed E-state index contributed by atoms with van der Waals surface area (Å²) < 4.78 is 1.96. The molecule has 6 heteroatoms. The van der Waals surface area contributed by atoms with Gasteiger partial charge in [0.2, 0.25) is 5.91 Å². The number of nitrogens with zero attached hydrogens (tertiary/aromatic N) is 3. The molecule has 1 amide bonds. The first-order chi connectivity index (χ1) is 11.2. The number of thioether (sulfide) groups is 1. The van der Waals surface area contributed by atoms with Crippen molar-refractivity contribution < 1.29 is 4.79 Å². The monoisotopic (exact) mass is 330 g/mol. The summed E-state index contributed by atoms with van der Waals surface area (Å²) in [4.78, 5) is 12.1. The van der Waals surface area contributed by atoms with Crippen molar-refractivity contribution in [2.24, 2.45) is 13.0 Å². The van der Waals surface area contributed by atoms with Crippen LogP contribution in [0.3, 0.4) is 0 Å². The van der Waals surface area contributed by atoms with Gasteiger partial charge in [-0.05, 0) is 18.4 Å². The summed E-state index contributed by atoms with van der Waals surface area (Å²) in [5.74, 6) is 2.01. The summed E-state index contributed by atoms with van der Waals surface area (Å²) in [5.41, 5.74) is 1.26. The van der Waals surface area contributed by atoms with Crippen molar-refractivity contribution in [2.45, 2.75) is 43.1 Å². The second kappa shape index (κ2) is 7.64. The standard InChI is InChI=1S/C17H22N4OS/c1-21-15(11-18-16(22)14-9-5-6-10-14)19-20-17(21)23-12-13-7-3-2-4-8-13/h2-4,7-8,14H,5-6,9-12H2,1H3,(H,18,22). The van der Waals surface area contributed by atoms with Crippen LogP contribution in [0.15, 0.2) is 35.5 Å². The van der Waals surface area contributed by atoms with Crippen LogP contribution >= 0.6 is 11.8 Å². The van der Waals surface area contributed by atoms with E-state index >= 15 is 0 Å². The minimum atomic E-state index is 0.156. The van der Waals surface area contributed by atoms with Crippen molar-refractivity contribution in [1.29, 1.82) is 0 Å². The van der Waals surface area contributed by atoms with Gasteiger partial charge in [-0.2, -0.15) is 0 Å². The Balaban J connectivity index is 1.53. The van der Waals surface area contributed by atoms with Gasteiger partial charge in [-0.3, -0.25) is 4.79 Å². The van der Waals surface area contributed by atoms with E-state index in [0.717, 1.165) is 29.6 Å². The highest BCUT2D eigenvalue weighted by Gasteiger charge is 2.22. The Hall–Kier alpha value is -1.82. The van der Waals surface area contributed by atoms with Crippen LogP contribution in [0.5, 0.6) is 0 Å². The zero-order valence-corrected chi connectivity index (χ0v) is 14.2. The zero-order chi connectivity index (χ0) is 16.1. The molecule has 1 aliphatic rings. The maximum absolute atomic E-state index is 12.1. The number of hydrogen-bond donors (Lipinski definition) is 1. The summed E-state index contributed by atoms with van der Waals surface area (Å²) >= 11 is 1.66. The number of carbonyl (C=O) groups excluding carboxylic acids is 1. The lowest BCUT2D eigenvalue weighted by atomic mass is 10.1. The van der Waals surface area contributed by atoms with Gasteiger partial charge in [-0.15, -0.1) is 10.2 Å². The molecule has 1 N–H and O–H groups in total. The molecule has 2 aromatic rings. The fraction of sp³-hybridized carbons (Fsp3) is 0.471. The Labute approximate surface area is 140 Å². The van der Waals surface area contributed by atoms with Crippen LogP contribution in [-0.4, -0.2) is 20.7 Å². The minimum absolute atomic E-state index is 0.156. The van der Waals surface area contributed by atoms with Gasteiger partial charge in [0.15, 0.2) is 11.0 Å². The average molecular weight is 330 g/mol. The van der Waals surface area contributed by atoms with Gasteiger partial charge in [-0.1, -0.05) is 54.9 Å². The maximum atomic E-state index is 12.1. The van der Waals surface area contributed by atoms with Gasteiger partial charge in [0, 0.05) is 18.7 Å². The molecule has 23 heavy (non-hydrogen) atoms. The highest BCUT2D eigenvalue weighted by Crippen LogP contribution is 2.25. The van der Waals surface area contributed by atoms with Crippen LogP contribution in [0.4, 0.5) is 0 Å². The highest BCUT2D eigenvalue weighted by atomic mass is 32.2. The summed E-state index contributed by atoms with van der Waals surface area (Å²) in [7, 11) is 1.95. The molecule has 1 aromatic heterocycles. The third-order valence-corrected chi connectivity index (χ3v) is 5.37. The first kappa shape index (κ1) is 16.1. The van der Waals surface area contributed by atoms with Gasteiger partial charge in [0.25, 0.3) is 0 Å². The fourth-order valence-electron chi connectivity index (χ4n) is 2.85. The minimum Gasteiger partial charge on any atom is -0.349 e. The summed E-state index contributed by atoms with van der Waals surface area (Å²) in [6, 6.07) is 10.3. The van der Waals surface area contributed by atoms with Crippen LogP contribution in [0.25, 0.3) is 0 Å². The number of hydrogen-bond acceptors (Lipinski definition) is 4. The predicted octanol–water partition coefficient (Wildman–Crippen LogP) is 2.91. The third-order valence-electron chi connectivity index (χ3n) is 4.28. The van der Waals surface area contributed by atoms with E-state index in [2.05, 4.69) is 27.6 Å². The molecule has 0 radical (unpaired) electrons. The van der Waals surface area contributed by atoms with E-state index in [1.165, 1.54) is 18.4 Å². The van der Waals surface area contributed by atoms with Crippen LogP contribution in [0, 0.1) is 5.92 Å². The summed E-state index contributed by atoms with van der Waals surface area (Å²) in [6.07, 6.45) is 4.37. The SMILES string of the molecule is Cn1c(CNC(=O)C2CCCC2)nnc1SCc1ccccc1. The van der Waals surface area contributed by atoms with Crippen molar-refractivity contribution in [3.8, 4) is 0 Å². The summed E-state index contributed by atoms with van der Waals surface area (Å²) in [6.45, 7) is 0.449. The van der Waals surface area contributed by atoms with Gasteiger partial charge in [-0.25, -0.2) is 0 Å². The molecule has 0 spiro atoms. The number of carbonyl (C=O) groups is 1. The molecule has 0 bridgehead atoms. The van der Waals surface area contributed by atoms with Gasteiger partial charge in [0.05, 0.1) is 6.54 Å². The molecule has 0 saturated heterocycles. The van der Waals surface area contributed by atoms with Crippen LogP contribution in [0.2, 0.25) is 0 Å². The second-order valence-corrected chi connectivity index (χ2v) is 6.87. The molecule has 1 saturated carbocycles. The number of aromatic nitrogens is 3. The number of benzene rings is 1. The van der Waals surface area contributed by atoms with Crippen molar-refractivity contribution in [3.05, 3.63) is 41.7 Å². The normalized spacial score (nSPS) is 15.0. The van der Waals surface area contributed by atoms with Crippen molar-refractivity contribution in [1.82, 2.24) is 20.1 Å². The van der Waals surface area contributed by atoms with E-state index in [-0.39, 0.29) is 11.8 Å². The molecule has 122 valence electrons. The molecule has 0 unspecified atom stereocenters. The average Bonchev–Trinajstić information content (AvgIpc) is 3.22. The van der Waals surface area contributed by atoms with Crippen molar-refractivity contribution >= 4 is 17.7 Å². The summed E-state index contributed by atoms with van der Waals surface area (Å²) in [5, 5.41) is 12.3. The molecular formula is C17H22N4OS. The molecule has 0 atom stereocenters. The highest BCUT2D eigenvalue weighted by molar-refractivity contribution is 7.98. The van der Waals surface area contributed by atoms with Crippen molar-refractivity contribution in [2.75, 3.05) is 0 Å². The van der Waals surface area contributed by atoms with E-state index in [4.69, 9.17) is 0 Å². The molecule has 1 heterocycles. The van der Waals surface area contributed by atoms with Crippen LogP contribution in [-0.2, 0) is 24.1 Å². The number of nitrogens with one attached hydrogen (secondary N) is 1. The largest absolute Gasteiger partial charge is 0.349 e. The van der Waals surface area contributed by atoms with Gasteiger partial charge >= 0.3 is 0 Å². The maximum Gasteiger partial charge on any atom is 0.223 e. The van der Waals surface area contributed by atoms with Crippen LogP contribution < -0.4 is 5.32 Å². The Kier molecular flexibility index (Phi) is 5.33. The zero-order valence-electron chi connectivity index (χ0n) is 13.4. The fourth-order valence-corrected chi connectivity index (χ4v) is 3.73. The molecule has 5 nitrogen and oxygen atoms in total. The Morgan fingerprint density at radius 1 is 1.26 bits per heavy atom. The Morgan fingerprint density at radius 2 is 2.00 bits per heavy atom. The second-order valence-electron chi connectivity index (χ2n) is 5.93. The van der Waals surface area contributed by atoms with Crippen LogP contribution in [0.1, 0.15) is 37.1 Å². The molecule has 1 aromatic carbocycles. The quantitative estimate of drug-likeness (QED) is 0.827. The van der Waals surface area contributed by atoms with E-state index in [0.29, 0.717) is 6.54 Å². The van der Waals surface area contributed by atoms with Gasteiger partial charge in [0.1, 0.15) is 0 Å². The molecule has 1 aliphatic carbocycles. The molecular weight excluding hydrogens is 308 g/mol. The van der Waals surface area contributed by atoms with E-state index in [1.54, 1.807) is 11.8 Å². The lowest BCUT2D eigenvalue weighted by molar-refractivity contribution is -0.125. The number of amides is 1. The van der Waals surface area contributed by atoms with Gasteiger partial charge < -0.3 is 9.88 Å². The first-order valence-corrected chi connectivity index (χ1v) is 9.05. The molecule has 1 fully saturated rings. The molecule has 0 aliphatic heterocycles. The number of rotatable bonds is 6. The van der Waals surface area contributed by atoms with E-state index < -0.39 is 0 Å². The smallest absolute Gasteiger partial charge is 0.223 e. The Bertz CT molecular complexity index is 650. The van der Waals surface area contributed by atoms with E-state index in [9.17, 15) is 4.79 Å². The Morgan fingerprint density at radius 3 is 2.74 bits per heavy atom. The topological polar surface area (TPSA) is 59.8 Å². The first-order valence-electron chi connectivity index (χ1n) is 8.07. The van der Waals surface area contributed by atoms with E-state index in [1.807, 2.05) is 29.8 Å². The lowest BCUT2D eigenvalue weighted by Crippen LogP contribution is -2.29. The van der Waals surface area contributed by atoms with Crippen molar-refractivity contribution in [3.63, 3.8) is 0 Å².